The summed E-state index contributed by atoms with van der Waals surface area (Å²) in [6.45, 7) is 0. The van der Waals surface area contributed by atoms with Crippen LogP contribution in [0.15, 0.2) is 30.5 Å². The number of hydrogen-bond donors (Lipinski definition) is 2. The Morgan fingerprint density at radius 2 is 2.15 bits per heavy atom. The van der Waals surface area contributed by atoms with Gasteiger partial charge < -0.3 is 9.47 Å². The first-order valence-electron chi connectivity index (χ1n) is 6.34. The number of aromatic nitrogens is 2. The lowest BCUT2D eigenvalue weighted by atomic mass is 10.0. The Labute approximate surface area is 118 Å². The fraction of sp³-hybridized carbons (Fsp3) is 0.357. The van der Waals surface area contributed by atoms with Gasteiger partial charge in [-0.25, -0.2) is 0 Å². The van der Waals surface area contributed by atoms with Crippen LogP contribution in [0.5, 0.6) is 11.5 Å². The van der Waals surface area contributed by atoms with Crippen molar-refractivity contribution in [3.63, 3.8) is 0 Å². The Hall–Kier alpha value is -2.05. The molecule has 0 aliphatic carbocycles. The molecular weight excluding hydrogens is 256 g/mol. The fourth-order valence-corrected chi connectivity index (χ4v) is 2.25. The molecule has 0 aliphatic heterocycles. The molecule has 3 N–H and O–H groups in total. The molecule has 108 valence electrons. The molecule has 2 rings (SSSR count). The normalized spacial score (nSPS) is 12.2. The summed E-state index contributed by atoms with van der Waals surface area (Å²) in [4.78, 5) is 0. The molecule has 0 saturated carbocycles. The van der Waals surface area contributed by atoms with Gasteiger partial charge in [0.2, 0.25) is 0 Å². The Kier molecular flexibility index (Phi) is 4.60. The lowest BCUT2D eigenvalue weighted by molar-refractivity contribution is 0.393. The monoisotopic (exact) mass is 276 g/mol. The Balaban J connectivity index is 2.26. The second-order valence-electron chi connectivity index (χ2n) is 4.50. The van der Waals surface area contributed by atoms with E-state index in [1.807, 2.05) is 31.3 Å². The molecule has 1 atom stereocenters. The highest BCUT2D eigenvalue weighted by atomic mass is 16.5. The van der Waals surface area contributed by atoms with Gasteiger partial charge >= 0.3 is 0 Å². The topological polar surface area (TPSA) is 74.3 Å². The van der Waals surface area contributed by atoms with Crippen molar-refractivity contribution in [2.24, 2.45) is 12.9 Å². The molecule has 0 amide bonds. The summed E-state index contributed by atoms with van der Waals surface area (Å²) in [5.41, 5.74) is 4.86. The van der Waals surface area contributed by atoms with Crippen molar-refractivity contribution in [2.75, 3.05) is 14.2 Å². The van der Waals surface area contributed by atoms with Gasteiger partial charge in [-0.2, -0.15) is 5.10 Å². The zero-order valence-corrected chi connectivity index (χ0v) is 12.0. The van der Waals surface area contributed by atoms with Crippen molar-refractivity contribution in [1.29, 1.82) is 0 Å². The second kappa shape index (κ2) is 6.40. The Bertz CT molecular complexity index is 568. The van der Waals surface area contributed by atoms with E-state index in [1.165, 1.54) is 0 Å². The van der Waals surface area contributed by atoms with E-state index in [-0.39, 0.29) is 6.04 Å². The van der Waals surface area contributed by atoms with Gasteiger partial charge in [-0.15, -0.1) is 0 Å². The van der Waals surface area contributed by atoms with E-state index >= 15 is 0 Å². The zero-order chi connectivity index (χ0) is 14.5. The Morgan fingerprint density at radius 3 is 2.80 bits per heavy atom. The maximum Gasteiger partial charge on any atom is 0.161 e. The van der Waals surface area contributed by atoms with Crippen LogP contribution in [-0.2, 0) is 13.5 Å². The van der Waals surface area contributed by atoms with Crippen molar-refractivity contribution in [2.45, 2.75) is 12.5 Å². The van der Waals surface area contributed by atoms with Crippen LogP contribution in [0.25, 0.3) is 0 Å². The lowest BCUT2D eigenvalue weighted by Crippen LogP contribution is -2.31. The highest BCUT2D eigenvalue weighted by Gasteiger charge is 2.20. The van der Waals surface area contributed by atoms with Gasteiger partial charge in [0.25, 0.3) is 0 Å². The van der Waals surface area contributed by atoms with Crippen molar-refractivity contribution in [3.05, 3.63) is 41.7 Å². The largest absolute Gasteiger partial charge is 0.497 e. The molecule has 0 bridgehead atoms. The molecule has 0 saturated heterocycles. The summed E-state index contributed by atoms with van der Waals surface area (Å²) >= 11 is 0. The quantitative estimate of drug-likeness (QED) is 0.612. The van der Waals surface area contributed by atoms with Crippen LogP contribution < -0.4 is 20.7 Å². The minimum atomic E-state index is -0.0930. The molecule has 1 heterocycles. The average molecular weight is 276 g/mol. The number of hydrogen-bond acceptors (Lipinski definition) is 5. The summed E-state index contributed by atoms with van der Waals surface area (Å²) in [5.74, 6) is 7.25. The number of nitrogens with one attached hydrogen (secondary N) is 1. The summed E-state index contributed by atoms with van der Waals surface area (Å²) in [6.07, 6.45) is 2.40. The summed E-state index contributed by atoms with van der Waals surface area (Å²) in [6, 6.07) is 7.81. The summed E-state index contributed by atoms with van der Waals surface area (Å²) in [7, 11) is 5.15. The Morgan fingerprint density at radius 1 is 1.35 bits per heavy atom. The van der Waals surface area contributed by atoms with Gasteiger partial charge in [0, 0.05) is 7.05 Å². The van der Waals surface area contributed by atoms with Crippen LogP contribution in [0.4, 0.5) is 0 Å². The minimum absolute atomic E-state index is 0.0930. The van der Waals surface area contributed by atoms with Crippen molar-refractivity contribution in [3.8, 4) is 11.5 Å². The van der Waals surface area contributed by atoms with E-state index in [0.29, 0.717) is 6.42 Å². The molecule has 0 radical (unpaired) electrons. The first-order valence-corrected chi connectivity index (χ1v) is 6.34. The summed E-state index contributed by atoms with van der Waals surface area (Å²) in [5, 5.41) is 4.20. The van der Waals surface area contributed by atoms with Crippen LogP contribution in [0, 0.1) is 0 Å². The molecule has 0 fully saturated rings. The van der Waals surface area contributed by atoms with Crippen LogP contribution in [0.1, 0.15) is 17.3 Å². The van der Waals surface area contributed by atoms with Crippen LogP contribution in [0.2, 0.25) is 0 Å². The maximum atomic E-state index is 5.70. The first-order chi connectivity index (χ1) is 9.69. The van der Waals surface area contributed by atoms with E-state index in [0.717, 1.165) is 22.8 Å². The molecule has 1 unspecified atom stereocenters. The third kappa shape index (κ3) is 2.92. The number of nitrogens with two attached hydrogens (primary N) is 1. The molecule has 0 aliphatic rings. The fourth-order valence-electron chi connectivity index (χ4n) is 2.25. The van der Waals surface area contributed by atoms with Gasteiger partial charge in [-0.1, -0.05) is 12.1 Å². The number of nitrogens with zero attached hydrogens (tertiary/aromatic N) is 2. The first kappa shape index (κ1) is 14.4. The minimum Gasteiger partial charge on any atom is -0.497 e. The number of aryl methyl sites for hydroxylation is 1. The van der Waals surface area contributed by atoms with Crippen LogP contribution >= 0.6 is 0 Å². The number of ether oxygens (including phenoxy) is 2. The smallest absolute Gasteiger partial charge is 0.161 e. The lowest BCUT2D eigenvalue weighted by Gasteiger charge is -2.18. The van der Waals surface area contributed by atoms with Crippen molar-refractivity contribution >= 4 is 0 Å². The number of benzene rings is 1. The SMILES string of the molecule is COc1cccc(CC(NN)c2c(OC)cnn2C)c1. The molecule has 6 heteroatoms. The standard InChI is InChI=1S/C14H20N4O2/c1-18-14(13(20-3)9-16-18)12(17-15)8-10-5-4-6-11(7-10)19-2/h4-7,9,12,17H,8,15H2,1-3H3. The van der Waals surface area contributed by atoms with Crippen molar-refractivity contribution in [1.82, 2.24) is 15.2 Å². The van der Waals surface area contributed by atoms with E-state index in [2.05, 4.69) is 10.5 Å². The van der Waals surface area contributed by atoms with Gasteiger partial charge in [-0.3, -0.25) is 16.0 Å². The number of hydrazine groups is 1. The molecule has 0 spiro atoms. The highest BCUT2D eigenvalue weighted by molar-refractivity contribution is 5.33. The predicted octanol–water partition coefficient (Wildman–Crippen LogP) is 1.18. The summed E-state index contributed by atoms with van der Waals surface area (Å²) < 4.78 is 12.3. The van der Waals surface area contributed by atoms with E-state index in [1.54, 1.807) is 25.1 Å². The second-order valence-corrected chi connectivity index (χ2v) is 4.50. The van der Waals surface area contributed by atoms with Crippen LogP contribution in [0.3, 0.4) is 0 Å². The maximum absolute atomic E-state index is 5.70. The zero-order valence-electron chi connectivity index (χ0n) is 12.0. The van der Waals surface area contributed by atoms with Gasteiger partial charge in [-0.05, 0) is 24.1 Å². The highest BCUT2D eigenvalue weighted by Crippen LogP contribution is 2.27. The van der Waals surface area contributed by atoms with E-state index in [4.69, 9.17) is 15.3 Å². The molecule has 1 aromatic heterocycles. The molecule has 6 nitrogen and oxygen atoms in total. The number of rotatable bonds is 6. The van der Waals surface area contributed by atoms with Gasteiger partial charge in [0.05, 0.1) is 32.2 Å². The van der Waals surface area contributed by atoms with Gasteiger partial charge in [0.1, 0.15) is 5.75 Å². The number of methoxy groups -OCH3 is 2. The molecular formula is C14H20N4O2. The van der Waals surface area contributed by atoms with E-state index in [9.17, 15) is 0 Å². The van der Waals surface area contributed by atoms with Gasteiger partial charge in [0.15, 0.2) is 5.75 Å². The predicted molar refractivity (Wildman–Crippen MR) is 76.5 cm³/mol. The van der Waals surface area contributed by atoms with E-state index < -0.39 is 0 Å². The average Bonchev–Trinajstić information content (AvgIpc) is 2.86. The third-order valence-corrected chi connectivity index (χ3v) is 3.27. The van der Waals surface area contributed by atoms with Crippen LogP contribution in [-0.4, -0.2) is 24.0 Å². The molecule has 1 aromatic carbocycles. The molecule has 2 aromatic rings. The van der Waals surface area contributed by atoms with Crippen molar-refractivity contribution < 1.29 is 9.47 Å². The molecule has 20 heavy (non-hydrogen) atoms. The third-order valence-electron chi connectivity index (χ3n) is 3.27.